The number of aromatic nitrogens is 1. The molecule has 1 saturated heterocycles. The molecule has 5 heteroatoms. The Morgan fingerprint density at radius 3 is 2.58 bits per heavy atom. The lowest BCUT2D eigenvalue weighted by atomic mass is 10.0. The number of likely N-dealkylation sites (tertiary alicyclic amines) is 1. The van der Waals surface area contributed by atoms with Crippen LogP contribution in [-0.4, -0.2) is 34.6 Å². The zero-order valence-corrected chi connectivity index (χ0v) is 14.8. The zero-order valence-electron chi connectivity index (χ0n) is 14.8. The Morgan fingerprint density at radius 1 is 1.08 bits per heavy atom. The van der Waals surface area contributed by atoms with Crippen LogP contribution in [0, 0.1) is 6.92 Å². The monoisotopic (exact) mass is 348 g/mol. The highest BCUT2D eigenvalue weighted by Gasteiger charge is 2.33. The number of nitrogens with zero attached hydrogens (tertiary/aromatic N) is 2. The number of aryl methyl sites for hydroxylation is 1. The SMILES string of the molecule is Cc1cc(OC2CN(C(=O)c3cccc4ccccc34)C2)cc(=O)n1C. The molecule has 2 aromatic carbocycles. The van der Waals surface area contributed by atoms with E-state index in [9.17, 15) is 9.59 Å². The third kappa shape index (κ3) is 2.86. The van der Waals surface area contributed by atoms with Crippen molar-refractivity contribution >= 4 is 16.7 Å². The normalized spacial score (nSPS) is 14.3. The summed E-state index contributed by atoms with van der Waals surface area (Å²) in [6, 6.07) is 17.0. The first-order chi connectivity index (χ1) is 12.5. The summed E-state index contributed by atoms with van der Waals surface area (Å²) in [6.45, 7) is 2.91. The van der Waals surface area contributed by atoms with Crippen molar-refractivity contribution in [3.05, 3.63) is 76.2 Å². The van der Waals surface area contributed by atoms with Gasteiger partial charge in [-0.05, 0) is 29.8 Å². The van der Waals surface area contributed by atoms with Gasteiger partial charge in [0.05, 0.1) is 13.1 Å². The maximum absolute atomic E-state index is 12.8. The van der Waals surface area contributed by atoms with Crippen molar-refractivity contribution in [2.24, 2.45) is 7.05 Å². The van der Waals surface area contributed by atoms with E-state index in [0.29, 0.717) is 24.4 Å². The molecule has 0 saturated carbocycles. The van der Waals surface area contributed by atoms with E-state index in [2.05, 4.69) is 0 Å². The predicted molar refractivity (Wildman–Crippen MR) is 101 cm³/mol. The van der Waals surface area contributed by atoms with E-state index >= 15 is 0 Å². The Kier molecular flexibility index (Phi) is 3.99. The van der Waals surface area contributed by atoms with Crippen molar-refractivity contribution in [3.63, 3.8) is 0 Å². The van der Waals surface area contributed by atoms with Crippen molar-refractivity contribution < 1.29 is 9.53 Å². The predicted octanol–water partition coefficient (Wildman–Crippen LogP) is 2.75. The summed E-state index contributed by atoms with van der Waals surface area (Å²) >= 11 is 0. The Balaban J connectivity index is 1.46. The molecule has 0 atom stereocenters. The van der Waals surface area contributed by atoms with Crippen LogP contribution in [0.4, 0.5) is 0 Å². The van der Waals surface area contributed by atoms with Gasteiger partial charge in [-0.25, -0.2) is 0 Å². The molecule has 3 aromatic rings. The number of benzene rings is 2. The van der Waals surface area contributed by atoms with E-state index in [0.717, 1.165) is 16.5 Å². The van der Waals surface area contributed by atoms with Crippen LogP contribution >= 0.6 is 0 Å². The van der Waals surface area contributed by atoms with Crippen LogP contribution < -0.4 is 10.3 Å². The average Bonchev–Trinajstić information content (AvgIpc) is 2.61. The topological polar surface area (TPSA) is 51.5 Å². The molecule has 0 N–H and O–H groups in total. The number of amides is 1. The van der Waals surface area contributed by atoms with Gasteiger partial charge in [0.1, 0.15) is 11.9 Å². The molecule has 4 rings (SSSR count). The average molecular weight is 348 g/mol. The van der Waals surface area contributed by atoms with Crippen LogP contribution in [0.5, 0.6) is 5.75 Å². The van der Waals surface area contributed by atoms with Gasteiger partial charge < -0.3 is 14.2 Å². The molecule has 132 valence electrons. The number of hydrogen-bond donors (Lipinski definition) is 0. The molecule has 5 nitrogen and oxygen atoms in total. The first-order valence-electron chi connectivity index (χ1n) is 8.64. The molecular formula is C21H20N2O3. The molecule has 26 heavy (non-hydrogen) atoms. The number of hydrogen-bond acceptors (Lipinski definition) is 3. The van der Waals surface area contributed by atoms with Crippen LogP contribution in [0.2, 0.25) is 0 Å². The molecule has 1 amide bonds. The van der Waals surface area contributed by atoms with Gasteiger partial charge >= 0.3 is 0 Å². The van der Waals surface area contributed by atoms with Gasteiger partial charge in [0.2, 0.25) is 0 Å². The van der Waals surface area contributed by atoms with Crippen molar-refractivity contribution in [1.29, 1.82) is 0 Å². The van der Waals surface area contributed by atoms with Crippen LogP contribution in [-0.2, 0) is 7.05 Å². The molecule has 1 aliphatic rings. The fraction of sp³-hybridized carbons (Fsp3) is 0.238. The minimum atomic E-state index is -0.0944. The molecule has 1 aromatic heterocycles. The molecule has 1 aliphatic heterocycles. The molecule has 0 spiro atoms. The zero-order chi connectivity index (χ0) is 18.3. The molecule has 2 heterocycles. The summed E-state index contributed by atoms with van der Waals surface area (Å²) in [5.74, 6) is 0.578. The highest BCUT2D eigenvalue weighted by molar-refractivity contribution is 6.07. The summed E-state index contributed by atoms with van der Waals surface area (Å²) in [6.07, 6.45) is -0.0829. The minimum Gasteiger partial charge on any atom is -0.486 e. The van der Waals surface area contributed by atoms with E-state index in [1.807, 2.05) is 55.5 Å². The molecular weight excluding hydrogens is 328 g/mol. The maximum atomic E-state index is 12.8. The second-order valence-electron chi connectivity index (χ2n) is 6.71. The van der Waals surface area contributed by atoms with Crippen molar-refractivity contribution in [2.75, 3.05) is 13.1 Å². The van der Waals surface area contributed by atoms with E-state index < -0.39 is 0 Å². The quantitative estimate of drug-likeness (QED) is 0.731. The highest BCUT2D eigenvalue weighted by Crippen LogP contribution is 2.24. The van der Waals surface area contributed by atoms with E-state index in [-0.39, 0.29) is 17.6 Å². The largest absolute Gasteiger partial charge is 0.486 e. The first-order valence-corrected chi connectivity index (χ1v) is 8.64. The fourth-order valence-electron chi connectivity index (χ4n) is 3.26. The second kappa shape index (κ2) is 6.33. The molecule has 0 aliphatic carbocycles. The number of rotatable bonds is 3. The van der Waals surface area contributed by atoms with Gasteiger partial charge in [0, 0.05) is 24.4 Å². The van der Waals surface area contributed by atoms with E-state index in [1.54, 1.807) is 16.5 Å². The Labute approximate surface area is 151 Å². The minimum absolute atomic E-state index is 0.0156. The Hall–Kier alpha value is -3.08. The van der Waals surface area contributed by atoms with Gasteiger partial charge in [-0.1, -0.05) is 36.4 Å². The first kappa shape index (κ1) is 16.4. The Morgan fingerprint density at radius 2 is 1.81 bits per heavy atom. The maximum Gasteiger partial charge on any atom is 0.254 e. The van der Waals surface area contributed by atoms with Gasteiger partial charge in [-0.3, -0.25) is 9.59 Å². The summed E-state index contributed by atoms with van der Waals surface area (Å²) in [5, 5.41) is 2.02. The molecule has 0 bridgehead atoms. The second-order valence-corrected chi connectivity index (χ2v) is 6.71. The number of ether oxygens (including phenoxy) is 1. The van der Waals surface area contributed by atoms with Crippen molar-refractivity contribution in [2.45, 2.75) is 13.0 Å². The van der Waals surface area contributed by atoms with Crippen LogP contribution in [0.3, 0.4) is 0 Å². The van der Waals surface area contributed by atoms with Crippen LogP contribution in [0.15, 0.2) is 59.4 Å². The van der Waals surface area contributed by atoms with Gasteiger partial charge in [-0.2, -0.15) is 0 Å². The van der Waals surface area contributed by atoms with Gasteiger partial charge in [0.25, 0.3) is 11.5 Å². The van der Waals surface area contributed by atoms with Crippen LogP contribution in [0.1, 0.15) is 16.1 Å². The lowest BCUT2D eigenvalue weighted by molar-refractivity contribution is 0.0178. The lowest BCUT2D eigenvalue weighted by Gasteiger charge is -2.39. The highest BCUT2D eigenvalue weighted by atomic mass is 16.5. The van der Waals surface area contributed by atoms with Gasteiger partial charge in [0.15, 0.2) is 0 Å². The third-order valence-electron chi connectivity index (χ3n) is 4.93. The smallest absolute Gasteiger partial charge is 0.254 e. The summed E-state index contributed by atoms with van der Waals surface area (Å²) < 4.78 is 7.44. The molecule has 1 fully saturated rings. The fourth-order valence-corrected chi connectivity index (χ4v) is 3.26. The number of carbonyl (C=O) groups is 1. The number of pyridine rings is 1. The Bertz CT molecular complexity index is 1040. The standard InChI is InChI=1S/C21H20N2O3/c1-14-10-16(11-20(24)22(14)2)26-17-12-23(13-17)21(25)19-9-5-7-15-6-3-4-8-18(15)19/h3-11,17H,12-13H2,1-2H3. The summed E-state index contributed by atoms with van der Waals surface area (Å²) in [5.41, 5.74) is 1.46. The van der Waals surface area contributed by atoms with Crippen LogP contribution in [0.25, 0.3) is 10.8 Å². The van der Waals surface area contributed by atoms with Crippen molar-refractivity contribution in [3.8, 4) is 5.75 Å². The molecule has 0 unspecified atom stereocenters. The number of fused-ring (bicyclic) bond motifs is 1. The van der Waals surface area contributed by atoms with E-state index in [4.69, 9.17) is 4.74 Å². The van der Waals surface area contributed by atoms with E-state index in [1.165, 1.54) is 6.07 Å². The molecule has 0 radical (unpaired) electrons. The van der Waals surface area contributed by atoms with Crippen molar-refractivity contribution in [1.82, 2.24) is 9.47 Å². The third-order valence-corrected chi connectivity index (χ3v) is 4.93. The summed E-state index contributed by atoms with van der Waals surface area (Å²) in [7, 11) is 1.73. The lowest BCUT2D eigenvalue weighted by Crippen LogP contribution is -2.56. The summed E-state index contributed by atoms with van der Waals surface area (Å²) in [4.78, 5) is 26.4. The number of carbonyl (C=O) groups excluding carboxylic acids is 1. The van der Waals surface area contributed by atoms with Gasteiger partial charge in [-0.15, -0.1) is 0 Å².